The Kier molecular flexibility index (Phi) is 9.54. The van der Waals surface area contributed by atoms with Crippen LogP contribution in [0.5, 0.6) is 0 Å². The SMILES string of the molecule is NC(Cc1ccccc1)C(=O)NC(Cc1ccccc1)C(=O)NC(CO)C(=O)N1CCCC1C(=O)O. The number of aliphatic carboxylic acids is 1. The van der Waals surface area contributed by atoms with Crippen LogP contribution in [0.4, 0.5) is 0 Å². The molecule has 0 radical (unpaired) electrons. The topological polar surface area (TPSA) is 162 Å². The van der Waals surface area contributed by atoms with Crippen LogP contribution in [0, 0.1) is 0 Å². The van der Waals surface area contributed by atoms with Gasteiger partial charge in [-0.15, -0.1) is 0 Å². The fraction of sp³-hybridized carbons (Fsp3) is 0.385. The molecule has 0 bridgehead atoms. The number of hydrogen-bond donors (Lipinski definition) is 5. The van der Waals surface area contributed by atoms with Crippen LogP contribution in [-0.2, 0) is 32.0 Å². The lowest BCUT2D eigenvalue weighted by Gasteiger charge is -2.28. The van der Waals surface area contributed by atoms with Gasteiger partial charge in [-0.1, -0.05) is 60.7 Å². The molecule has 3 rings (SSSR count). The van der Waals surface area contributed by atoms with E-state index in [4.69, 9.17) is 5.73 Å². The van der Waals surface area contributed by atoms with E-state index in [2.05, 4.69) is 10.6 Å². The summed E-state index contributed by atoms with van der Waals surface area (Å²) < 4.78 is 0. The minimum absolute atomic E-state index is 0.129. The molecule has 6 N–H and O–H groups in total. The van der Waals surface area contributed by atoms with Crippen molar-refractivity contribution in [3.05, 3.63) is 71.8 Å². The van der Waals surface area contributed by atoms with Crippen molar-refractivity contribution in [2.75, 3.05) is 13.2 Å². The summed E-state index contributed by atoms with van der Waals surface area (Å²) in [5.41, 5.74) is 7.73. The van der Waals surface area contributed by atoms with E-state index in [1.165, 1.54) is 0 Å². The molecule has 192 valence electrons. The average Bonchev–Trinajstić information content (AvgIpc) is 3.38. The molecule has 3 amide bonds. The number of nitrogens with one attached hydrogen (secondary N) is 2. The number of amides is 3. The summed E-state index contributed by atoms with van der Waals surface area (Å²) in [5.74, 6) is -3.03. The maximum Gasteiger partial charge on any atom is 0.326 e. The standard InChI is InChI=1S/C26H32N4O6/c27-19(14-17-8-3-1-4-9-17)23(32)28-20(15-18-10-5-2-6-11-18)24(33)29-21(16-31)25(34)30-13-7-12-22(30)26(35)36/h1-6,8-11,19-22,31H,7,12-16,27H2,(H,28,32)(H,29,33)(H,35,36). The molecule has 1 aliphatic rings. The van der Waals surface area contributed by atoms with Crippen LogP contribution < -0.4 is 16.4 Å². The third kappa shape index (κ3) is 7.12. The van der Waals surface area contributed by atoms with E-state index in [0.29, 0.717) is 12.8 Å². The zero-order valence-corrected chi connectivity index (χ0v) is 19.9. The molecular weight excluding hydrogens is 464 g/mol. The normalized spacial score (nSPS) is 17.6. The van der Waals surface area contributed by atoms with E-state index >= 15 is 0 Å². The minimum Gasteiger partial charge on any atom is -0.480 e. The third-order valence-corrected chi connectivity index (χ3v) is 6.17. The first-order valence-electron chi connectivity index (χ1n) is 11.9. The monoisotopic (exact) mass is 496 g/mol. The van der Waals surface area contributed by atoms with Gasteiger partial charge >= 0.3 is 5.97 Å². The molecule has 1 heterocycles. The zero-order chi connectivity index (χ0) is 26.1. The second-order valence-electron chi connectivity index (χ2n) is 8.82. The molecule has 10 heteroatoms. The number of likely N-dealkylation sites (tertiary alicyclic amines) is 1. The molecule has 1 aliphatic heterocycles. The molecule has 0 aliphatic carbocycles. The molecule has 0 spiro atoms. The van der Waals surface area contributed by atoms with Gasteiger partial charge in [-0.05, 0) is 30.4 Å². The zero-order valence-electron chi connectivity index (χ0n) is 19.9. The molecular formula is C26H32N4O6. The summed E-state index contributed by atoms with van der Waals surface area (Å²) in [6.45, 7) is -0.492. The average molecular weight is 497 g/mol. The number of carbonyl (C=O) groups excluding carboxylic acids is 3. The molecule has 4 unspecified atom stereocenters. The summed E-state index contributed by atoms with van der Waals surface area (Å²) in [5, 5.41) is 24.4. The fourth-order valence-electron chi connectivity index (χ4n) is 4.24. The largest absolute Gasteiger partial charge is 0.480 e. The van der Waals surface area contributed by atoms with Crippen LogP contribution in [0.1, 0.15) is 24.0 Å². The van der Waals surface area contributed by atoms with E-state index < -0.39 is 54.5 Å². The van der Waals surface area contributed by atoms with Crippen LogP contribution in [0.25, 0.3) is 0 Å². The highest BCUT2D eigenvalue weighted by molar-refractivity contribution is 5.94. The first-order valence-corrected chi connectivity index (χ1v) is 11.9. The van der Waals surface area contributed by atoms with E-state index in [-0.39, 0.29) is 19.4 Å². The van der Waals surface area contributed by atoms with Gasteiger partial charge in [0.1, 0.15) is 18.1 Å². The lowest BCUT2D eigenvalue weighted by Crippen LogP contribution is -2.58. The maximum atomic E-state index is 13.2. The van der Waals surface area contributed by atoms with Crippen molar-refractivity contribution in [2.24, 2.45) is 5.73 Å². The van der Waals surface area contributed by atoms with Crippen molar-refractivity contribution in [1.82, 2.24) is 15.5 Å². The number of carboxylic acid groups (broad SMARTS) is 1. The van der Waals surface area contributed by atoms with E-state index in [9.17, 15) is 29.4 Å². The van der Waals surface area contributed by atoms with Crippen LogP contribution in [0.2, 0.25) is 0 Å². The third-order valence-electron chi connectivity index (χ3n) is 6.17. The predicted octanol–water partition coefficient (Wildman–Crippen LogP) is -0.163. The quantitative estimate of drug-likeness (QED) is 0.289. The number of carboxylic acids is 1. The molecule has 10 nitrogen and oxygen atoms in total. The molecule has 0 saturated carbocycles. The van der Waals surface area contributed by atoms with Gasteiger partial charge in [0.25, 0.3) is 0 Å². The van der Waals surface area contributed by atoms with Gasteiger partial charge in [0.15, 0.2) is 0 Å². The predicted molar refractivity (Wildman–Crippen MR) is 132 cm³/mol. The number of nitrogens with two attached hydrogens (primary N) is 1. The molecule has 2 aromatic rings. The second kappa shape index (κ2) is 12.8. The van der Waals surface area contributed by atoms with Gasteiger partial charge in [-0.3, -0.25) is 14.4 Å². The van der Waals surface area contributed by atoms with Crippen molar-refractivity contribution >= 4 is 23.7 Å². The van der Waals surface area contributed by atoms with E-state index in [1.807, 2.05) is 36.4 Å². The van der Waals surface area contributed by atoms with Gasteiger partial charge in [-0.2, -0.15) is 0 Å². The molecule has 2 aromatic carbocycles. The first kappa shape index (κ1) is 26.8. The number of benzene rings is 2. The Balaban J connectivity index is 1.72. The number of aliphatic hydroxyl groups is 1. The van der Waals surface area contributed by atoms with Crippen molar-refractivity contribution in [3.8, 4) is 0 Å². The summed E-state index contributed by atoms with van der Waals surface area (Å²) in [6.07, 6.45) is 1.22. The van der Waals surface area contributed by atoms with Crippen molar-refractivity contribution < 1.29 is 29.4 Å². The number of hydrogen-bond acceptors (Lipinski definition) is 6. The van der Waals surface area contributed by atoms with Crippen LogP contribution in [-0.4, -0.2) is 76.1 Å². The van der Waals surface area contributed by atoms with E-state index in [0.717, 1.165) is 16.0 Å². The Hall–Kier alpha value is -3.76. The summed E-state index contributed by atoms with van der Waals surface area (Å²) in [4.78, 5) is 51.6. The van der Waals surface area contributed by atoms with Gasteiger partial charge in [0, 0.05) is 13.0 Å². The number of rotatable bonds is 11. The molecule has 36 heavy (non-hydrogen) atoms. The summed E-state index contributed by atoms with van der Waals surface area (Å²) >= 11 is 0. The highest BCUT2D eigenvalue weighted by atomic mass is 16.4. The Labute approximate surface area is 209 Å². The first-order chi connectivity index (χ1) is 17.3. The number of aliphatic hydroxyl groups excluding tert-OH is 1. The smallest absolute Gasteiger partial charge is 0.326 e. The van der Waals surface area contributed by atoms with Crippen LogP contribution in [0.3, 0.4) is 0 Å². The fourth-order valence-corrected chi connectivity index (χ4v) is 4.24. The van der Waals surface area contributed by atoms with Crippen molar-refractivity contribution in [1.29, 1.82) is 0 Å². The molecule has 1 saturated heterocycles. The molecule has 4 atom stereocenters. The highest BCUT2D eigenvalue weighted by Crippen LogP contribution is 2.18. The second-order valence-corrected chi connectivity index (χ2v) is 8.82. The van der Waals surface area contributed by atoms with Crippen LogP contribution >= 0.6 is 0 Å². The number of nitrogens with zero attached hydrogens (tertiary/aromatic N) is 1. The number of carbonyl (C=O) groups is 4. The Morgan fingerprint density at radius 1 is 0.889 bits per heavy atom. The lowest BCUT2D eigenvalue weighted by molar-refractivity contribution is -0.150. The van der Waals surface area contributed by atoms with Crippen molar-refractivity contribution in [3.63, 3.8) is 0 Å². The summed E-state index contributed by atoms with van der Waals surface area (Å²) in [6, 6.07) is 13.9. The minimum atomic E-state index is -1.34. The Morgan fingerprint density at radius 3 is 2.00 bits per heavy atom. The maximum absolute atomic E-state index is 13.2. The molecule has 0 aromatic heterocycles. The van der Waals surface area contributed by atoms with Crippen molar-refractivity contribution in [2.45, 2.75) is 49.9 Å². The summed E-state index contributed by atoms with van der Waals surface area (Å²) in [7, 11) is 0. The van der Waals surface area contributed by atoms with Gasteiger partial charge in [0.2, 0.25) is 17.7 Å². The Bertz CT molecular complexity index is 1050. The van der Waals surface area contributed by atoms with Gasteiger partial charge in [0.05, 0.1) is 12.6 Å². The molecule has 1 fully saturated rings. The van der Waals surface area contributed by atoms with E-state index in [1.54, 1.807) is 24.3 Å². The van der Waals surface area contributed by atoms with Gasteiger partial charge < -0.3 is 31.5 Å². The lowest BCUT2D eigenvalue weighted by atomic mass is 10.0. The Morgan fingerprint density at radius 2 is 1.44 bits per heavy atom. The highest BCUT2D eigenvalue weighted by Gasteiger charge is 2.38. The van der Waals surface area contributed by atoms with Gasteiger partial charge in [-0.25, -0.2) is 4.79 Å². The van der Waals surface area contributed by atoms with Crippen LogP contribution in [0.15, 0.2) is 60.7 Å².